The fourth-order valence-electron chi connectivity index (χ4n) is 4.04. The molecule has 0 spiro atoms. The molecule has 0 aliphatic heterocycles. The molecule has 0 amide bonds. The normalized spacial score (nSPS) is 11.6. The number of ether oxygens (including phenoxy) is 1. The molecule has 0 radical (unpaired) electrons. The van der Waals surface area contributed by atoms with Crippen LogP contribution in [0.25, 0.3) is 10.8 Å². The summed E-state index contributed by atoms with van der Waals surface area (Å²) in [5.74, 6) is 0.841. The van der Waals surface area contributed by atoms with Crippen LogP contribution < -0.4 is 4.74 Å². The van der Waals surface area contributed by atoms with Crippen LogP contribution in [0, 0.1) is 0 Å². The van der Waals surface area contributed by atoms with E-state index in [2.05, 4.69) is 17.2 Å². The molecule has 0 saturated carbocycles. The first-order valence-corrected chi connectivity index (χ1v) is 14.1. The van der Waals surface area contributed by atoms with E-state index in [1.54, 1.807) is 0 Å². The van der Waals surface area contributed by atoms with Crippen molar-refractivity contribution in [2.75, 3.05) is 6.61 Å². The summed E-state index contributed by atoms with van der Waals surface area (Å²) in [6.45, 7) is 2.95. The third-order valence-electron chi connectivity index (χ3n) is 6.02. The minimum absolute atomic E-state index is 0. The van der Waals surface area contributed by atoms with Gasteiger partial charge in [0.2, 0.25) is 0 Å². The number of hydrogen-bond acceptors (Lipinski definition) is 5. The van der Waals surface area contributed by atoms with Crippen molar-refractivity contribution in [1.29, 1.82) is 0 Å². The van der Waals surface area contributed by atoms with Gasteiger partial charge in [-0.15, -0.1) is 5.11 Å². The average molecular weight is 521 g/mol. The molecule has 190 valence electrons. The van der Waals surface area contributed by atoms with Crippen LogP contribution in [0.3, 0.4) is 0 Å². The molecule has 0 aliphatic rings. The Hall–Kier alpha value is -1.77. The van der Waals surface area contributed by atoms with Crippen molar-refractivity contribution in [3.63, 3.8) is 0 Å². The van der Waals surface area contributed by atoms with Crippen LogP contribution >= 0.6 is 0 Å². The maximum atomic E-state index is 11.2. The van der Waals surface area contributed by atoms with Gasteiger partial charge in [-0.3, -0.25) is 4.55 Å². The van der Waals surface area contributed by atoms with Gasteiger partial charge in [-0.25, -0.2) is 0 Å². The Morgan fingerprint density at radius 2 is 1.31 bits per heavy atom. The van der Waals surface area contributed by atoms with E-state index in [1.807, 2.05) is 36.4 Å². The molecule has 0 saturated heterocycles. The van der Waals surface area contributed by atoms with Crippen LogP contribution in [-0.2, 0) is 10.1 Å². The number of hydrogen-bond donors (Lipinski definition) is 1. The van der Waals surface area contributed by atoms with Crippen LogP contribution in [0.4, 0.5) is 11.4 Å². The zero-order valence-electron chi connectivity index (χ0n) is 20.5. The molecule has 0 aromatic heterocycles. The summed E-state index contributed by atoms with van der Waals surface area (Å²) in [4.78, 5) is -0.175. The van der Waals surface area contributed by atoms with Crippen molar-refractivity contribution in [3.8, 4) is 5.75 Å². The van der Waals surface area contributed by atoms with Gasteiger partial charge in [-0.05, 0) is 42.8 Å². The van der Waals surface area contributed by atoms with Crippen LogP contribution in [0.2, 0.25) is 0 Å². The van der Waals surface area contributed by atoms with Gasteiger partial charge in [0, 0.05) is 10.8 Å². The van der Waals surface area contributed by atoms with Gasteiger partial charge in [0.25, 0.3) is 10.1 Å². The Labute approximate surface area is 237 Å². The predicted molar refractivity (Wildman–Crippen MR) is 149 cm³/mol. The van der Waals surface area contributed by atoms with Gasteiger partial charge in [0.15, 0.2) is 0 Å². The fraction of sp³-hybridized carbons (Fsp3) is 0.429. The third-order valence-corrected chi connectivity index (χ3v) is 6.89. The Morgan fingerprint density at radius 3 is 1.92 bits per heavy atom. The van der Waals surface area contributed by atoms with Gasteiger partial charge in [0.05, 0.1) is 22.9 Å². The molecule has 0 heterocycles. The van der Waals surface area contributed by atoms with E-state index in [-0.39, 0.29) is 34.5 Å². The van der Waals surface area contributed by atoms with Crippen LogP contribution in [0.15, 0.2) is 75.8 Å². The summed E-state index contributed by atoms with van der Waals surface area (Å²) in [5, 5.41) is 10.5. The Balaban J connectivity index is 0.00000456. The molecule has 3 aromatic carbocycles. The average Bonchev–Trinajstić information content (AvgIpc) is 2.86. The molecular formula is C28H37N2NaO4S. The van der Waals surface area contributed by atoms with Crippen molar-refractivity contribution in [1.82, 2.24) is 0 Å². The molecule has 0 unspecified atom stereocenters. The second-order valence-corrected chi connectivity index (χ2v) is 10.2. The second-order valence-electron chi connectivity index (χ2n) is 8.83. The first-order valence-electron chi connectivity index (χ1n) is 12.6. The summed E-state index contributed by atoms with van der Waals surface area (Å²) in [6.07, 6.45) is 12.9. The molecular weight excluding hydrogens is 483 g/mol. The van der Waals surface area contributed by atoms with Crippen molar-refractivity contribution < 1.29 is 17.7 Å². The standard InChI is InChI=1S/C28H36N2O4S.Na.H/c1-2-3-4-5-6-7-8-9-10-13-22-34-28-21-20-27(25-14-11-12-15-26(25)28)30-29-23-16-18-24(19-17-23)35(31,32)33;;/h11-12,14-21H,2-10,13,22H2,1H3,(H,31,32,33);;. The molecule has 0 fully saturated rings. The molecule has 36 heavy (non-hydrogen) atoms. The van der Waals surface area contributed by atoms with Gasteiger partial charge in [0.1, 0.15) is 5.75 Å². The maximum absolute atomic E-state index is 11.2. The fourth-order valence-corrected chi connectivity index (χ4v) is 4.52. The zero-order chi connectivity index (χ0) is 24.9. The monoisotopic (exact) mass is 520 g/mol. The number of unbranched alkanes of at least 4 members (excludes halogenated alkanes) is 9. The van der Waals surface area contributed by atoms with Crippen LogP contribution in [0.1, 0.15) is 71.1 Å². The van der Waals surface area contributed by atoms with E-state index in [1.165, 1.54) is 82.1 Å². The number of rotatable bonds is 15. The van der Waals surface area contributed by atoms with E-state index < -0.39 is 10.1 Å². The van der Waals surface area contributed by atoms with Gasteiger partial charge in [-0.1, -0.05) is 89.0 Å². The number of fused-ring (bicyclic) bond motifs is 1. The van der Waals surface area contributed by atoms with Crippen molar-refractivity contribution in [3.05, 3.63) is 60.7 Å². The van der Waals surface area contributed by atoms with E-state index in [0.717, 1.165) is 22.9 Å². The van der Waals surface area contributed by atoms with Gasteiger partial charge in [-0.2, -0.15) is 13.5 Å². The predicted octanol–water partition coefficient (Wildman–Crippen LogP) is 8.15. The number of azo groups is 1. The second kappa shape index (κ2) is 16.2. The van der Waals surface area contributed by atoms with Crippen molar-refractivity contribution in [2.45, 2.75) is 76.0 Å². The Bertz CT molecular complexity index is 1200. The van der Waals surface area contributed by atoms with E-state index in [9.17, 15) is 8.42 Å². The molecule has 3 aromatic rings. The molecule has 6 nitrogen and oxygen atoms in total. The summed E-state index contributed by atoms with van der Waals surface area (Å²) in [6, 6.07) is 17.3. The number of nitrogens with zero attached hydrogens (tertiary/aromatic N) is 2. The van der Waals surface area contributed by atoms with Gasteiger partial charge >= 0.3 is 29.6 Å². The quantitative estimate of drug-likeness (QED) is 0.0947. The van der Waals surface area contributed by atoms with Crippen molar-refractivity contribution >= 4 is 61.8 Å². The third kappa shape index (κ3) is 9.94. The van der Waals surface area contributed by atoms with E-state index >= 15 is 0 Å². The topological polar surface area (TPSA) is 88.3 Å². The molecule has 0 aliphatic carbocycles. The molecule has 8 heteroatoms. The molecule has 1 N–H and O–H groups in total. The van der Waals surface area contributed by atoms with E-state index in [0.29, 0.717) is 18.0 Å². The van der Waals surface area contributed by atoms with Crippen LogP contribution in [-0.4, -0.2) is 49.1 Å². The SMILES string of the molecule is CCCCCCCCCCCCOc1ccc(N=Nc2ccc(S(=O)(=O)O)cc2)c2ccccc12.[NaH]. The summed E-state index contributed by atoms with van der Waals surface area (Å²) >= 11 is 0. The summed E-state index contributed by atoms with van der Waals surface area (Å²) in [7, 11) is -4.23. The first kappa shape index (κ1) is 30.5. The summed E-state index contributed by atoms with van der Waals surface area (Å²) < 4.78 is 37.6. The van der Waals surface area contributed by atoms with Crippen molar-refractivity contribution in [2.24, 2.45) is 10.2 Å². The Kier molecular flexibility index (Phi) is 13.7. The number of benzene rings is 3. The first-order chi connectivity index (χ1) is 17.0. The summed E-state index contributed by atoms with van der Waals surface area (Å²) in [5.41, 5.74) is 1.19. The zero-order valence-corrected chi connectivity index (χ0v) is 21.3. The van der Waals surface area contributed by atoms with Crippen LogP contribution in [0.5, 0.6) is 5.75 Å². The molecule has 0 atom stereocenters. The molecule has 3 rings (SSSR count). The molecule has 0 bridgehead atoms. The van der Waals surface area contributed by atoms with E-state index in [4.69, 9.17) is 9.29 Å². The minimum atomic E-state index is -4.23. The van der Waals surface area contributed by atoms with Gasteiger partial charge < -0.3 is 4.74 Å². The Morgan fingerprint density at radius 1 is 0.722 bits per heavy atom.